The number of likely N-dealkylation sites (tertiary alicyclic amines) is 1. The number of thiazole rings is 1. The Morgan fingerprint density at radius 1 is 1.10 bits per heavy atom. The van der Waals surface area contributed by atoms with Gasteiger partial charge >= 0.3 is 6.09 Å². The molecule has 0 N–H and O–H groups in total. The molecule has 1 aliphatic rings. The Morgan fingerprint density at radius 3 is 2.60 bits per heavy atom. The fraction of sp³-hybridized carbons (Fsp3) is 0.440. The number of carbonyl (C=O) groups is 1. The Hall–Kier alpha value is -2.40. The Balaban J connectivity index is 1.33. The van der Waals surface area contributed by atoms with Gasteiger partial charge in [-0.05, 0) is 62.8 Å². The number of fused-ring (bicyclic) bond motifs is 1. The number of aromatic nitrogens is 1. The molecule has 1 aliphatic heterocycles. The van der Waals surface area contributed by atoms with Crippen molar-refractivity contribution in [1.82, 2.24) is 9.88 Å². The minimum absolute atomic E-state index is 0.198. The van der Waals surface area contributed by atoms with Crippen LogP contribution in [0.4, 0.5) is 4.79 Å². The zero-order chi connectivity index (χ0) is 21.1. The summed E-state index contributed by atoms with van der Waals surface area (Å²) in [6.07, 6.45) is 3.67. The molecule has 1 fully saturated rings. The molecule has 0 aliphatic carbocycles. The molecule has 3 aromatic rings. The number of piperidine rings is 1. The van der Waals surface area contributed by atoms with Gasteiger partial charge in [-0.3, -0.25) is 0 Å². The Morgan fingerprint density at radius 2 is 1.83 bits per heavy atom. The second kappa shape index (κ2) is 8.76. The van der Waals surface area contributed by atoms with Crippen LogP contribution in [0.2, 0.25) is 0 Å². The van der Waals surface area contributed by atoms with Gasteiger partial charge in [0.25, 0.3) is 0 Å². The highest BCUT2D eigenvalue weighted by Crippen LogP contribution is 2.31. The van der Waals surface area contributed by atoms with Crippen molar-refractivity contribution in [1.29, 1.82) is 0 Å². The van der Waals surface area contributed by atoms with Gasteiger partial charge in [-0.2, -0.15) is 0 Å². The number of amides is 1. The summed E-state index contributed by atoms with van der Waals surface area (Å²) in [4.78, 5) is 19.0. The van der Waals surface area contributed by atoms with E-state index in [-0.39, 0.29) is 6.09 Å². The molecule has 158 valence electrons. The summed E-state index contributed by atoms with van der Waals surface area (Å²) in [5.41, 5.74) is 2.12. The summed E-state index contributed by atoms with van der Waals surface area (Å²) >= 11 is 1.77. The van der Waals surface area contributed by atoms with Gasteiger partial charge in [-0.15, -0.1) is 11.3 Å². The first kappa shape index (κ1) is 20.9. The highest BCUT2D eigenvalue weighted by molar-refractivity contribution is 7.09. The highest BCUT2D eigenvalue weighted by Gasteiger charge is 2.28. The molecule has 2 aromatic carbocycles. The van der Waals surface area contributed by atoms with Gasteiger partial charge in [0.2, 0.25) is 0 Å². The highest BCUT2D eigenvalue weighted by atomic mass is 32.1. The van der Waals surface area contributed by atoms with Crippen molar-refractivity contribution < 1.29 is 9.53 Å². The third-order valence-corrected chi connectivity index (χ3v) is 6.65. The molecule has 0 unspecified atom stereocenters. The number of ether oxygens (including phenoxy) is 1. The summed E-state index contributed by atoms with van der Waals surface area (Å²) in [5, 5.41) is 6.06. The van der Waals surface area contributed by atoms with E-state index in [2.05, 4.69) is 47.8 Å². The van der Waals surface area contributed by atoms with Crippen molar-refractivity contribution in [3.63, 3.8) is 0 Å². The molecule has 1 saturated heterocycles. The number of hydrogen-bond donors (Lipinski definition) is 0. The van der Waals surface area contributed by atoms with Crippen LogP contribution in [0.5, 0.6) is 0 Å². The third-order valence-electron chi connectivity index (χ3n) is 5.60. The fourth-order valence-corrected chi connectivity index (χ4v) is 5.06. The summed E-state index contributed by atoms with van der Waals surface area (Å²) in [6.45, 7) is 7.21. The molecule has 0 saturated carbocycles. The maximum atomic E-state index is 12.3. The first-order chi connectivity index (χ1) is 14.4. The van der Waals surface area contributed by atoms with E-state index in [1.807, 2.05) is 25.7 Å². The van der Waals surface area contributed by atoms with Gasteiger partial charge < -0.3 is 9.64 Å². The van der Waals surface area contributed by atoms with E-state index in [0.29, 0.717) is 5.92 Å². The van der Waals surface area contributed by atoms with Crippen LogP contribution in [0, 0.1) is 0 Å². The molecule has 1 aromatic heterocycles. The van der Waals surface area contributed by atoms with Crippen LogP contribution in [0.15, 0.2) is 47.8 Å². The van der Waals surface area contributed by atoms with E-state index in [4.69, 9.17) is 9.72 Å². The van der Waals surface area contributed by atoms with Gasteiger partial charge in [0.15, 0.2) is 0 Å². The molecule has 30 heavy (non-hydrogen) atoms. The predicted molar refractivity (Wildman–Crippen MR) is 123 cm³/mol. The van der Waals surface area contributed by atoms with Crippen molar-refractivity contribution in [2.24, 2.45) is 0 Å². The topological polar surface area (TPSA) is 42.4 Å². The standard InChI is InChI=1S/C25H30N2O2S/c1-25(2,3)29-24(28)27-15-13-20(14-16-27)23-26-21(17-30-23)12-11-19-9-6-8-18-7-4-5-10-22(18)19/h4-10,17,20H,11-16H2,1-3H3. The zero-order valence-corrected chi connectivity index (χ0v) is 18.9. The predicted octanol–water partition coefficient (Wildman–Crippen LogP) is 6.20. The van der Waals surface area contributed by atoms with Gasteiger partial charge in [0.05, 0.1) is 10.7 Å². The van der Waals surface area contributed by atoms with Crippen molar-refractivity contribution in [3.8, 4) is 0 Å². The molecule has 2 heterocycles. The summed E-state index contributed by atoms with van der Waals surface area (Å²) in [6, 6.07) is 15.1. The molecule has 0 spiro atoms. The third kappa shape index (κ3) is 5.01. The van der Waals surface area contributed by atoms with Gasteiger partial charge in [0.1, 0.15) is 5.60 Å². The zero-order valence-electron chi connectivity index (χ0n) is 18.1. The van der Waals surface area contributed by atoms with Crippen molar-refractivity contribution in [2.45, 2.75) is 58.0 Å². The molecule has 0 atom stereocenters. The fourth-order valence-electron chi connectivity index (χ4n) is 4.03. The second-order valence-electron chi connectivity index (χ2n) is 9.06. The second-order valence-corrected chi connectivity index (χ2v) is 9.95. The van der Waals surface area contributed by atoms with Crippen LogP contribution in [0.1, 0.15) is 55.8 Å². The molecular formula is C25H30N2O2S. The lowest BCUT2D eigenvalue weighted by molar-refractivity contribution is 0.0205. The van der Waals surface area contributed by atoms with E-state index in [1.165, 1.54) is 27.0 Å². The van der Waals surface area contributed by atoms with E-state index in [1.54, 1.807) is 11.3 Å². The minimum atomic E-state index is -0.442. The van der Waals surface area contributed by atoms with Crippen LogP contribution >= 0.6 is 11.3 Å². The first-order valence-corrected chi connectivity index (χ1v) is 11.7. The summed E-state index contributed by atoms with van der Waals surface area (Å²) in [5.74, 6) is 0.444. The molecule has 1 amide bonds. The Labute approximate surface area is 182 Å². The summed E-state index contributed by atoms with van der Waals surface area (Å²) < 4.78 is 5.50. The largest absolute Gasteiger partial charge is 0.444 e. The number of nitrogens with zero attached hydrogens (tertiary/aromatic N) is 2. The first-order valence-electron chi connectivity index (χ1n) is 10.8. The molecule has 5 heteroatoms. The van der Waals surface area contributed by atoms with Crippen LogP contribution in [0.3, 0.4) is 0 Å². The lowest BCUT2D eigenvalue weighted by Gasteiger charge is -2.32. The Kier molecular flexibility index (Phi) is 6.09. The maximum Gasteiger partial charge on any atom is 0.410 e. The lowest BCUT2D eigenvalue weighted by atomic mass is 9.97. The number of hydrogen-bond acceptors (Lipinski definition) is 4. The number of aryl methyl sites for hydroxylation is 2. The number of carbonyl (C=O) groups excluding carboxylic acids is 1. The summed E-state index contributed by atoms with van der Waals surface area (Å²) in [7, 11) is 0. The molecule has 0 radical (unpaired) electrons. The van der Waals surface area contributed by atoms with Crippen molar-refractivity contribution in [3.05, 3.63) is 64.1 Å². The van der Waals surface area contributed by atoms with Crippen LogP contribution in [-0.2, 0) is 17.6 Å². The van der Waals surface area contributed by atoms with Crippen LogP contribution < -0.4 is 0 Å². The SMILES string of the molecule is CC(C)(C)OC(=O)N1CCC(c2nc(CCc3cccc4ccccc34)cs2)CC1. The van der Waals surface area contributed by atoms with E-state index < -0.39 is 5.60 Å². The molecular weight excluding hydrogens is 392 g/mol. The van der Waals surface area contributed by atoms with Crippen LogP contribution in [-0.4, -0.2) is 34.7 Å². The molecule has 4 rings (SSSR count). The van der Waals surface area contributed by atoms with Gasteiger partial charge in [0, 0.05) is 24.4 Å². The minimum Gasteiger partial charge on any atom is -0.444 e. The van der Waals surface area contributed by atoms with Crippen molar-refractivity contribution >= 4 is 28.2 Å². The normalized spacial score (nSPS) is 15.5. The average Bonchev–Trinajstić information content (AvgIpc) is 3.20. The maximum absolute atomic E-state index is 12.3. The quantitative estimate of drug-likeness (QED) is 0.503. The monoisotopic (exact) mass is 422 g/mol. The van der Waals surface area contributed by atoms with E-state index in [9.17, 15) is 4.79 Å². The van der Waals surface area contributed by atoms with E-state index in [0.717, 1.165) is 38.8 Å². The van der Waals surface area contributed by atoms with Gasteiger partial charge in [-0.25, -0.2) is 9.78 Å². The molecule has 4 nitrogen and oxygen atoms in total. The smallest absolute Gasteiger partial charge is 0.410 e. The van der Waals surface area contributed by atoms with Gasteiger partial charge in [-0.1, -0.05) is 42.5 Å². The Bertz CT molecular complexity index is 1010. The lowest BCUT2D eigenvalue weighted by Crippen LogP contribution is -2.41. The number of benzene rings is 2. The average molecular weight is 423 g/mol. The van der Waals surface area contributed by atoms with E-state index >= 15 is 0 Å². The molecule has 0 bridgehead atoms. The number of rotatable bonds is 4. The van der Waals surface area contributed by atoms with Crippen molar-refractivity contribution in [2.75, 3.05) is 13.1 Å². The van der Waals surface area contributed by atoms with Crippen LogP contribution in [0.25, 0.3) is 10.8 Å².